The van der Waals surface area contributed by atoms with Gasteiger partial charge in [0.15, 0.2) is 0 Å². The number of aliphatic hydroxyl groups excluding tert-OH is 1. The second kappa shape index (κ2) is 11.0. The van der Waals surface area contributed by atoms with Crippen LogP contribution < -0.4 is 15.8 Å². The molecule has 2 aromatic heterocycles. The number of aromatic nitrogens is 3. The molecule has 5 rings (SSSR count). The highest BCUT2D eigenvalue weighted by Gasteiger charge is 2.20. The first-order valence-electron chi connectivity index (χ1n) is 12.8. The van der Waals surface area contributed by atoms with Crippen molar-refractivity contribution >= 4 is 34.0 Å². The fraction of sp³-hybridized carbons (Fsp3) is 0.357. The van der Waals surface area contributed by atoms with Gasteiger partial charge in [-0.1, -0.05) is 30.7 Å². The summed E-state index contributed by atoms with van der Waals surface area (Å²) in [6, 6.07) is 13.2. The van der Waals surface area contributed by atoms with Crippen LogP contribution in [0, 0.1) is 6.92 Å². The zero-order valence-corrected chi connectivity index (χ0v) is 22.0. The highest BCUT2D eigenvalue weighted by molar-refractivity contribution is 6.30. The Labute approximate surface area is 221 Å². The van der Waals surface area contributed by atoms with Gasteiger partial charge in [-0.05, 0) is 61.3 Å². The number of rotatable bonds is 8. The standard InChI is InChI=1S/C28H33ClN6O2/c1-3-9-34-10-12-35(13-11-34)21-14-18(2)26-23(16-21)32-27(33-26)25-22(7-8-30-28(25)37)31-17-24(36)19-5-4-6-20(29)15-19/h4-8,14-16,24,36H,3,9-13,17H2,1-2H3,(H,32,33)(H2,30,31,37)/t24-/m1/s1. The van der Waals surface area contributed by atoms with Crippen LogP contribution in [0.5, 0.6) is 0 Å². The van der Waals surface area contributed by atoms with Crippen LogP contribution >= 0.6 is 11.6 Å². The number of nitrogens with one attached hydrogen (secondary N) is 3. The molecule has 0 spiro atoms. The summed E-state index contributed by atoms with van der Waals surface area (Å²) >= 11 is 6.07. The second-order valence-electron chi connectivity index (χ2n) is 9.62. The van der Waals surface area contributed by atoms with Gasteiger partial charge in [0.2, 0.25) is 0 Å². The lowest BCUT2D eigenvalue weighted by Gasteiger charge is -2.36. The Morgan fingerprint density at radius 1 is 1.16 bits per heavy atom. The third-order valence-corrected chi connectivity index (χ3v) is 7.19. The van der Waals surface area contributed by atoms with Crippen molar-refractivity contribution < 1.29 is 5.11 Å². The number of aliphatic hydroxyl groups is 1. The number of fused-ring (bicyclic) bond motifs is 1. The van der Waals surface area contributed by atoms with E-state index in [1.165, 1.54) is 12.1 Å². The van der Waals surface area contributed by atoms with Gasteiger partial charge in [0.25, 0.3) is 5.56 Å². The van der Waals surface area contributed by atoms with E-state index in [1.54, 1.807) is 30.5 Å². The lowest BCUT2D eigenvalue weighted by Crippen LogP contribution is -2.46. The van der Waals surface area contributed by atoms with Crippen molar-refractivity contribution in [1.82, 2.24) is 19.9 Å². The first-order chi connectivity index (χ1) is 17.9. The summed E-state index contributed by atoms with van der Waals surface area (Å²) in [6.45, 7) is 9.75. The number of aromatic amines is 2. The van der Waals surface area contributed by atoms with Crippen LogP contribution in [0.4, 0.5) is 11.4 Å². The molecule has 37 heavy (non-hydrogen) atoms. The van der Waals surface area contributed by atoms with Crippen molar-refractivity contribution in [2.75, 3.05) is 49.5 Å². The largest absolute Gasteiger partial charge is 0.387 e. The predicted octanol–water partition coefficient (Wildman–Crippen LogP) is 4.56. The van der Waals surface area contributed by atoms with E-state index in [0.717, 1.165) is 49.3 Å². The number of nitrogens with zero attached hydrogens (tertiary/aromatic N) is 3. The van der Waals surface area contributed by atoms with E-state index in [2.05, 4.69) is 51.1 Å². The van der Waals surface area contributed by atoms with Gasteiger partial charge in [0, 0.05) is 49.6 Å². The molecule has 0 unspecified atom stereocenters. The number of H-pyrrole nitrogens is 2. The molecule has 1 atom stereocenters. The molecule has 0 amide bonds. The van der Waals surface area contributed by atoms with Crippen LogP contribution in [0.2, 0.25) is 5.02 Å². The Bertz CT molecular complexity index is 1440. The summed E-state index contributed by atoms with van der Waals surface area (Å²) in [5.74, 6) is 0.490. The number of hydrogen-bond acceptors (Lipinski definition) is 6. The molecular formula is C28H33ClN6O2. The van der Waals surface area contributed by atoms with Crippen molar-refractivity contribution in [1.29, 1.82) is 0 Å². The molecule has 1 saturated heterocycles. The first-order valence-corrected chi connectivity index (χ1v) is 13.2. The molecule has 3 heterocycles. The number of imidazole rings is 1. The molecule has 4 N–H and O–H groups in total. The third kappa shape index (κ3) is 5.51. The molecule has 0 aliphatic carbocycles. The molecule has 194 valence electrons. The SMILES string of the molecule is CCCN1CCN(c2cc(C)c3nc(-c4c(NC[C@@H](O)c5cccc(Cl)c5)cc[nH]c4=O)[nH]c3c2)CC1. The monoisotopic (exact) mass is 520 g/mol. The average molecular weight is 521 g/mol. The zero-order chi connectivity index (χ0) is 25.9. The zero-order valence-electron chi connectivity index (χ0n) is 21.2. The van der Waals surface area contributed by atoms with E-state index in [0.29, 0.717) is 27.7 Å². The van der Waals surface area contributed by atoms with Crippen LogP contribution in [0.15, 0.2) is 53.5 Å². The Morgan fingerprint density at radius 3 is 2.73 bits per heavy atom. The van der Waals surface area contributed by atoms with Gasteiger partial charge < -0.3 is 25.3 Å². The maximum absolute atomic E-state index is 12.9. The van der Waals surface area contributed by atoms with Gasteiger partial charge in [-0.15, -0.1) is 0 Å². The highest BCUT2D eigenvalue weighted by atomic mass is 35.5. The molecule has 0 radical (unpaired) electrons. The van der Waals surface area contributed by atoms with Crippen LogP contribution in [0.3, 0.4) is 0 Å². The Morgan fingerprint density at radius 2 is 1.97 bits per heavy atom. The summed E-state index contributed by atoms with van der Waals surface area (Å²) in [4.78, 5) is 28.8. The van der Waals surface area contributed by atoms with Crippen molar-refractivity contribution in [3.05, 3.63) is 75.2 Å². The quantitative estimate of drug-likeness (QED) is 0.272. The summed E-state index contributed by atoms with van der Waals surface area (Å²) in [5.41, 5.74) is 5.41. The molecule has 2 aromatic carbocycles. The third-order valence-electron chi connectivity index (χ3n) is 6.96. The molecule has 0 saturated carbocycles. The Kier molecular flexibility index (Phi) is 7.50. The lowest BCUT2D eigenvalue weighted by atomic mass is 10.1. The molecule has 4 aromatic rings. The van der Waals surface area contributed by atoms with Crippen LogP contribution in [-0.4, -0.2) is 64.2 Å². The number of aryl methyl sites for hydroxylation is 1. The normalized spacial score (nSPS) is 15.3. The lowest BCUT2D eigenvalue weighted by molar-refractivity contribution is 0.191. The maximum atomic E-state index is 12.9. The number of pyridine rings is 1. The van der Waals surface area contributed by atoms with E-state index < -0.39 is 6.10 Å². The average Bonchev–Trinajstić information content (AvgIpc) is 3.32. The Balaban J connectivity index is 1.40. The van der Waals surface area contributed by atoms with Crippen molar-refractivity contribution in [2.24, 2.45) is 0 Å². The van der Waals surface area contributed by atoms with Crippen molar-refractivity contribution in [3.63, 3.8) is 0 Å². The molecule has 1 aliphatic rings. The van der Waals surface area contributed by atoms with Gasteiger partial charge >= 0.3 is 0 Å². The predicted molar refractivity (Wildman–Crippen MR) is 151 cm³/mol. The molecule has 8 nitrogen and oxygen atoms in total. The second-order valence-corrected chi connectivity index (χ2v) is 10.1. The van der Waals surface area contributed by atoms with Gasteiger partial charge in [-0.25, -0.2) is 4.98 Å². The summed E-state index contributed by atoms with van der Waals surface area (Å²) in [6.07, 6.45) is 1.98. The molecule has 1 aliphatic heterocycles. The Hall–Kier alpha value is -3.33. The van der Waals surface area contributed by atoms with Gasteiger partial charge in [-0.3, -0.25) is 9.69 Å². The number of anilines is 2. The summed E-state index contributed by atoms with van der Waals surface area (Å²) in [5, 5.41) is 14.4. The minimum Gasteiger partial charge on any atom is -0.387 e. The highest BCUT2D eigenvalue weighted by Crippen LogP contribution is 2.30. The maximum Gasteiger partial charge on any atom is 0.261 e. The van der Waals surface area contributed by atoms with Crippen LogP contribution in [-0.2, 0) is 0 Å². The molecule has 9 heteroatoms. The van der Waals surface area contributed by atoms with E-state index in [-0.39, 0.29) is 12.1 Å². The number of piperazine rings is 1. The van der Waals surface area contributed by atoms with Gasteiger partial charge in [0.1, 0.15) is 11.4 Å². The summed E-state index contributed by atoms with van der Waals surface area (Å²) in [7, 11) is 0. The van der Waals surface area contributed by atoms with Crippen LogP contribution in [0.1, 0.15) is 30.6 Å². The minimum atomic E-state index is -0.788. The first kappa shape index (κ1) is 25.3. The molecular weight excluding hydrogens is 488 g/mol. The van der Waals surface area contributed by atoms with E-state index in [9.17, 15) is 9.90 Å². The van der Waals surface area contributed by atoms with Gasteiger partial charge in [-0.2, -0.15) is 0 Å². The fourth-order valence-corrected chi connectivity index (χ4v) is 5.22. The fourth-order valence-electron chi connectivity index (χ4n) is 5.02. The van der Waals surface area contributed by atoms with E-state index in [4.69, 9.17) is 16.6 Å². The summed E-state index contributed by atoms with van der Waals surface area (Å²) < 4.78 is 0. The smallest absolute Gasteiger partial charge is 0.261 e. The van der Waals surface area contributed by atoms with E-state index in [1.807, 2.05) is 6.07 Å². The van der Waals surface area contributed by atoms with Crippen LogP contribution in [0.25, 0.3) is 22.4 Å². The number of hydrogen-bond donors (Lipinski definition) is 4. The topological polar surface area (TPSA) is 100 Å². The molecule has 0 bridgehead atoms. The van der Waals surface area contributed by atoms with Crippen molar-refractivity contribution in [2.45, 2.75) is 26.4 Å². The minimum absolute atomic E-state index is 0.213. The number of halogens is 1. The van der Waals surface area contributed by atoms with Crippen molar-refractivity contribution in [3.8, 4) is 11.4 Å². The number of benzene rings is 2. The molecule has 1 fully saturated rings. The van der Waals surface area contributed by atoms with Gasteiger partial charge in [0.05, 0.1) is 22.8 Å². The van der Waals surface area contributed by atoms with E-state index >= 15 is 0 Å².